The molecule has 0 heterocycles. The zero-order valence-electron chi connectivity index (χ0n) is 11.5. The molecule has 2 aliphatic rings. The average Bonchev–Trinajstić information content (AvgIpc) is 2.47. The summed E-state index contributed by atoms with van der Waals surface area (Å²) in [6.45, 7) is 0. The maximum absolute atomic E-state index is 12.0. The van der Waals surface area contributed by atoms with Crippen LogP contribution in [-0.2, 0) is 4.74 Å². The van der Waals surface area contributed by atoms with E-state index in [2.05, 4.69) is 21.2 Å². The molecule has 1 N–H and O–H groups in total. The smallest absolute Gasteiger partial charge is 0.411 e. The fraction of sp³-hybridized carbons (Fsp3) is 0.562. The second kappa shape index (κ2) is 5.76. The van der Waals surface area contributed by atoms with E-state index in [1.165, 1.54) is 38.5 Å². The molecule has 3 rings (SSSR count). The monoisotopic (exact) mass is 337 g/mol. The summed E-state index contributed by atoms with van der Waals surface area (Å²) >= 11 is 3.38. The van der Waals surface area contributed by atoms with E-state index in [1.807, 2.05) is 24.3 Å². The standard InChI is InChI=1S/C16H20BrNO2/c17-12-4-6-13(7-5-12)18-15(19)20-14-8-11-16(14)9-2-1-3-10-16/h4-7,14H,1-3,8-11H2,(H,18,19)/t14-/m0/s1. The molecule has 3 nitrogen and oxygen atoms in total. The maximum atomic E-state index is 12.0. The van der Waals surface area contributed by atoms with Gasteiger partial charge in [0.1, 0.15) is 6.10 Å². The van der Waals surface area contributed by atoms with Crippen molar-refractivity contribution in [3.8, 4) is 0 Å². The highest BCUT2D eigenvalue weighted by atomic mass is 79.9. The summed E-state index contributed by atoms with van der Waals surface area (Å²) < 4.78 is 6.65. The largest absolute Gasteiger partial charge is 0.445 e. The second-order valence-corrected chi connectivity index (χ2v) is 6.90. The SMILES string of the molecule is O=C(Nc1ccc(Br)cc1)O[C@H]1CCC12CCCCC2. The number of anilines is 1. The van der Waals surface area contributed by atoms with Gasteiger partial charge in [-0.3, -0.25) is 5.32 Å². The number of ether oxygens (including phenoxy) is 1. The topological polar surface area (TPSA) is 38.3 Å². The first kappa shape index (κ1) is 13.9. The van der Waals surface area contributed by atoms with Crippen LogP contribution in [0.4, 0.5) is 10.5 Å². The van der Waals surface area contributed by atoms with Gasteiger partial charge in [-0.2, -0.15) is 0 Å². The Morgan fingerprint density at radius 2 is 1.85 bits per heavy atom. The highest BCUT2D eigenvalue weighted by Gasteiger charge is 2.49. The first-order valence-electron chi connectivity index (χ1n) is 7.41. The summed E-state index contributed by atoms with van der Waals surface area (Å²) in [5.74, 6) is 0. The molecular formula is C16H20BrNO2. The molecule has 0 radical (unpaired) electrons. The van der Waals surface area contributed by atoms with Crippen LogP contribution in [0, 0.1) is 5.41 Å². The highest BCUT2D eigenvalue weighted by molar-refractivity contribution is 9.10. The van der Waals surface area contributed by atoms with E-state index in [0.29, 0.717) is 5.41 Å². The zero-order chi connectivity index (χ0) is 14.0. The molecule has 0 bridgehead atoms. The number of rotatable bonds is 2. The third-order valence-electron chi connectivity index (χ3n) is 4.78. The van der Waals surface area contributed by atoms with Crippen molar-refractivity contribution in [2.24, 2.45) is 5.41 Å². The molecule has 2 aliphatic carbocycles. The minimum atomic E-state index is -0.318. The molecule has 1 atom stereocenters. The number of benzene rings is 1. The fourth-order valence-corrected chi connectivity index (χ4v) is 3.76. The van der Waals surface area contributed by atoms with Crippen LogP contribution >= 0.6 is 15.9 Å². The molecule has 0 saturated heterocycles. The van der Waals surface area contributed by atoms with Crippen molar-refractivity contribution >= 4 is 27.7 Å². The van der Waals surface area contributed by atoms with Crippen molar-refractivity contribution in [1.82, 2.24) is 0 Å². The molecule has 1 spiro atoms. The minimum Gasteiger partial charge on any atom is -0.445 e. The van der Waals surface area contributed by atoms with Crippen LogP contribution in [0.15, 0.2) is 28.7 Å². The predicted octanol–water partition coefficient (Wildman–Crippen LogP) is 5.11. The van der Waals surface area contributed by atoms with Gasteiger partial charge in [-0.25, -0.2) is 4.79 Å². The third kappa shape index (κ3) is 2.85. The Morgan fingerprint density at radius 1 is 1.15 bits per heavy atom. The van der Waals surface area contributed by atoms with Gasteiger partial charge in [0.2, 0.25) is 0 Å². The lowest BCUT2D eigenvalue weighted by molar-refractivity contribution is -0.0890. The molecule has 20 heavy (non-hydrogen) atoms. The van der Waals surface area contributed by atoms with Crippen molar-refractivity contribution in [2.45, 2.75) is 51.0 Å². The third-order valence-corrected chi connectivity index (χ3v) is 5.31. The predicted molar refractivity (Wildman–Crippen MR) is 82.8 cm³/mol. The van der Waals surface area contributed by atoms with E-state index in [0.717, 1.165) is 16.6 Å². The summed E-state index contributed by atoms with van der Waals surface area (Å²) in [4.78, 5) is 12.0. The lowest BCUT2D eigenvalue weighted by Crippen LogP contribution is -2.49. The number of halogens is 1. The van der Waals surface area contributed by atoms with Gasteiger partial charge in [0, 0.05) is 15.6 Å². The molecule has 0 aromatic heterocycles. The van der Waals surface area contributed by atoms with E-state index in [1.54, 1.807) is 0 Å². The van der Waals surface area contributed by atoms with Gasteiger partial charge in [-0.05, 0) is 49.9 Å². The Kier molecular flexibility index (Phi) is 4.01. The van der Waals surface area contributed by atoms with Crippen LogP contribution in [0.25, 0.3) is 0 Å². The maximum Gasteiger partial charge on any atom is 0.411 e. The first-order chi connectivity index (χ1) is 9.68. The van der Waals surface area contributed by atoms with Gasteiger partial charge >= 0.3 is 6.09 Å². The average molecular weight is 338 g/mol. The zero-order valence-corrected chi connectivity index (χ0v) is 13.1. The van der Waals surface area contributed by atoms with Gasteiger partial charge in [0.05, 0.1) is 0 Å². The van der Waals surface area contributed by atoms with E-state index < -0.39 is 0 Å². The molecule has 108 valence electrons. The van der Waals surface area contributed by atoms with Crippen molar-refractivity contribution < 1.29 is 9.53 Å². The number of amides is 1. The molecule has 2 saturated carbocycles. The van der Waals surface area contributed by atoms with Crippen LogP contribution in [0.5, 0.6) is 0 Å². The number of hydrogen-bond acceptors (Lipinski definition) is 2. The summed E-state index contributed by atoms with van der Waals surface area (Å²) in [5, 5.41) is 2.81. The molecule has 1 aromatic rings. The first-order valence-corrected chi connectivity index (χ1v) is 8.20. The number of carbonyl (C=O) groups excluding carboxylic acids is 1. The number of nitrogens with one attached hydrogen (secondary N) is 1. The summed E-state index contributed by atoms with van der Waals surface area (Å²) in [7, 11) is 0. The van der Waals surface area contributed by atoms with E-state index in [-0.39, 0.29) is 12.2 Å². The summed E-state index contributed by atoms with van der Waals surface area (Å²) in [6, 6.07) is 7.54. The highest BCUT2D eigenvalue weighted by Crippen LogP contribution is 2.53. The molecule has 0 aliphatic heterocycles. The minimum absolute atomic E-state index is 0.123. The van der Waals surface area contributed by atoms with Crippen LogP contribution < -0.4 is 5.32 Å². The lowest BCUT2D eigenvalue weighted by Gasteiger charge is -2.50. The van der Waals surface area contributed by atoms with Gasteiger partial charge in [0.15, 0.2) is 0 Å². The molecule has 1 amide bonds. The Balaban J connectivity index is 1.55. The molecule has 4 heteroatoms. The fourth-order valence-electron chi connectivity index (χ4n) is 3.49. The molecule has 1 aromatic carbocycles. The lowest BCUT2D eigenvalue weighted by atomic mass is 9.58. The van der Waals surface area contributed by atoms with Crippen molar-refractivity contribution in [3.63, 3.8) is 0 Å². The number of hydrogen-bond donors (Lipinski definition) is 1. The van der Waals surface area contributed by atoms with Gasteiger partial charge < -0.3 is 4.74 Å². The number of carbonyl (C=O) groups is 1. The van der Waals surface area contributed by atoms with Crippen LogP contribution in [0.2, 0.25) is 0 Å². The van der Waals surface area contributed by atoms with Crippen molar-refractivity contribution in [1.29, 1.82) is 0 Å². The van der Waals surface area contributed by atoms with Crippen LogP contribution in [0.1, 0.15) is 44.9 Å². The molecule has 0 unspecified atom stereocenters. The Morgan fingerprint density at radius 3 is 2.45 bits per heavy atom. The van der Waals surface area contributed by atoms with E-state index in [4.69, 9.17) is 4.74 Å². The van der Waals surface area contributed by atoms with E-state index >= 15 is 0 Å². The Labute approximate surface area is 128 Å². The molecule has 2 fully saturated rings. The van der Waals surface area contributed by atoms with Gasteiger partial charge in [0.25, 0.3) is 0 Å². The van der Waals surface area contributed by atoms with Crippen molar-refractivity contribution in [2.75, 3.05) is 5.32 Å². The quantitative estimate of drug-likeness (QED) is 0.814. The van der Waals surface area contributed by atoms with Gasteiger partial charge in [-0.15, -0.1) is 0 Å². The normalized spacial score (nSPS) is 23.9. The second-order valence-electron chi connectivity index (χ2n) is 5.99. The summed E-state index contributed by atoms with van der Waals surface area (Å²) in [6.07, 6.45) is 8.41. The van der Waals surface area contributed by atoms with Crippen LogP contribution in [-0.4, -0.2) is 12.2 Å². The Hall–Kier alpha value is -1.03. The Bertz CT molecular complexity index is 480. The summed E-state index contributed by atoms with van der Waals surface area (Å²) in [5.41, 5.74) is 1.07. The van der Waals surface area contributed by atoms with Crippen molar-refractivity contribution in [3.05, 3.63) is 28.7 Å². The van der Waals surface area contributed by atoms with Crippen LogP contribution in [0.3, 0.4) is 0 Å². The van der Waals surface area contributed by atoms with E-state index in [9.17, 15) is 4.79 Å². The molecular weight excluding hydrogens is 318 g/mol. The van der Waals surface area contributed by atoms with Gasteiger partial charge in [-0.1, -0.05) is 35.2 Å².